The highest BCUT2D eigenvalue weighted by Crippen LogP contribution is 2.40. The van der Waals surface area contributed by atoms with Crippen LogP contribution < -0.4 is 10.2 Å². The molecule has 2 aliphatic rings. The molecule has 2 aliphatic heterocycles. The molecule has 0 spiro atoms. The fraction of sp³-hybridized carbons (Fsp3) is 0.833. The van der Waals surface area contributed by atoms with Crippen LogP contribution in [-0.4, -0.2) is 18.6 Å². The molecular formula is C6H10NO2P. The maximum Gasteiger partial charge on any atom is 0.305 e. The van der Waals surface area contributed by atoms with Gasteiger partial charge in [-0.2, -0.15) is 0 Å². The second kappa shape index (κ2) is 2.59. The third-order valence-electron chi connectivity index (χ3n) is 2.01. The summed E-state index contributed by atoms with van der Waals surface area (Å²) in [7, 11) is -1.32. The van der Waals surface area contributed by atoms with Gasteiger partial charge in [0.2, 0.25) is 0 Å². The molecule has 2 rings (SSSR count). The van der Waals surface area contributed by atoms with Crippen molar-refractivity contribution in [1.82, 2.24) is 5.32 Å². The second-order valence-corrected chi connectivity index (χ2v) is 3.85. The van der Waals surface area contributed by atoms with Crippen LogP contribution in [0.1, 0.15) is 12.8 Å². The Hall–Kier alpha value is 0.0500. The Kier molecular flexibility index (Phi) is 1.75. The summed E-state index contributed by atoms with van der Waals surface area (Å²) in [6.45, 7) is 2.08. The van der Waals surface area contributed by atoms with Gasteiger partial charge < -0.3 is 10.2 Å². The lowest BCUT2D eigenvalue weighted by atomic mass is 10.00. The molecule has 0 aromatic carbocycles. The Balaban J connectivity index is 1.92. The third kappa shape index (κ3) is 1.23. The topological polar surface area (TPSA) is 47.6 Å². The van der Waals surface area contributed by atoms with Crippen LogP contribution in [0.3, 0.4) is 0 Å². The van der Waals surface area contributed by atoms with Crippen molar-refractivity contribution in [3.63, 3.8) is 0 Å². The summed E-state index contributed by atoms with van der Waals surface area (Å²) in [6, 6.07) is 0. The first-order chi connectivity index (χ1) is 4.88. The van der Waals surface area contributed by atoms with Crippen LogP contribution in [0, 0.1) is 5.92 Å². The van der Waals surface area contributed by atoms with Crippen LogP contribution in [0.15, 0.2) is 0 Å². The smallest absolute Gasteiger partial charge is 0.305 e. The van der Waals surface area contributed by atoms with Crippen molar-refractivity contribution in [2.24, 2.45) is 5.92 Å². The highest BCUT2D eigenvalue weighted by molar-refractivity contribution is 7.55. The number of hydrogen-bond donors (Lipinski definition) is 1. The van der Waals surface area contributed by atoms with Gasteiger partial charge in [-0.15, -0.1) is 4.52 Å². The fourth-order valence-corrected chi connectivity index (χ4v) is 2.29. The molecule has 4 heteroatoms. The normalized spacial score (nSPS) is 30.9. The van der Waals surface area contributed by atoms with Crippen LogP contribution in [0.5, 0.6) is 0 Å². The molecule has 1 atom stereocenters. The fourth-order valence-electron chi connectivity index (χ4n) is 1.36. The van der Waals surface area contributed by atoms with Crippen molar-refractivity contribution < 1.29 is 9.42 Å². The molecule has 10 heavy (non-hydrogen) atoms. The molecule has 1 N–H and O–H groups in total. The average molecular weight is 159 g/mol. The van der Waals surface area contributed by atoms with E-state index in [1.54, 1.807) is 0 Å². The van der Waals surface area contributed by atoms with Gasteiger partial charge >= 0.3 is 5.48 Å². The molecule has 0 bridgehead atoms. The first-order valence-electron chi connectivity index (χ1n) is 3.61. The van der Waals surface area contributed by atoms with Crippen molar-refractivity contribution in [3.8, 4) is 0 Å². The van der Waals surface area contributed by atoms with E-state index in [9.17, 15) is 4.89 Å². The van der Waals surface area contributed by atoms with Gasteiger partial charge in [0.1, 0.15) is 0 Å². The lowest BCUT2D eigenvalue weighted by molar-refractivity contribution is -0.159. The second-order valence-electron chi connectivity index (χ2n) is 2.71. The molecule has 0 amide bonds. The molecule has 1 fully saturated rings. The Morgan fingerprint density at radius 1 is 1.50 bits per heavy atom. The lowest BCUT2D eigenvalue weighted by Crippen LogP contribution is -2.29. The van der Waals surface area contributed by atoms with Crippen molar-refractivity contribution in [2.75, 3.05) is 13.1 Å². The zero-order chi connectivity index (χ0) is 6.97. The maximum absolute atomic E-state index is 10.7. The number of rotatable bonds is 1. The summed E-state index contributed by atoms with van der Waals surface area (Å²) in [6.07, 6.45) is 2.19. The molecule has 0 aliphatic carbocycles. The summed E-state index contributed by atoms with van der Waals surface area (Å²) < 4.78 is 4.85. The quantitative estimate of drug-likeness (QED) is 0.540. The molecule has 2 heterocycles. The van der Waals surface area contributed by atoms with E-state index < -0.39 is 8.00 Å². The monoisotopic (exact) mass is 159 g/mol. The van der Waals surface area contributed by atoms with Crippen LogP contribution >= 0.6 is 8.00 Å². The van der Waals surface area contributed by atoms with E-state index in [0.717, 1.165) is 31.4 Å². The minimum absolute atomic E-state index is 0.491. The van der Waals surface area contributed by atoms with Gasteiger partial charge in [-0.25, -0.2) is 0 Å². The molecule has 56 valence electrons. The molecule has 1 saturated heterocycles. The first-order valence-corrected chi connectivity index (χ1v) is 4.78. The van der Waals surface area contributed by atoms with Crippen LogP contribution in [-0.2, 0) is 4.52 Å². The van der Waals surface area contributed by atoms with E-state index in [-0.39, 0.29) is 0 Å². The number of piperidine rings is 1. The average Bonchev–Trinajstić information content (AvgIpc) is 2.69. The van der Waals surface area contributed by atoms with Crippen LogP contribution in [0.25, 0.3) is 0 Å². The highest BCUT2D eigenvalue weighted by Gasteiger charge is 2.40. The summed E-state index contributed by atoms with van der Waals surface area (Å²) in [4.78, 5) is 10.7. The van der Waals surface area contributed by atoms with E-state index in [1.165, 1.54) is 0 Å². The third-order valence-corrected chi connectivity index (χ3v) is 3.03. The lowest BCUT2D eigenvalue weighted by Gasteiger charge is -2.15. The molecule has 0 aromatic heterocycles. The molecule has 0 saturated carbocycles. The Morgan fingerprint density at radius 2 is 2.10 bits per heavy atom. The van der Waals surface area contributed by atoms with Gasteiger partial charge in [-0.1, -0.05) is 0 Å². The first kappa shape index (κ1) is 6.74. The van der Waals surface area contributed by atoms with E-state index in [4.69, 9.17) is 4.52 Å². The van der Waals surface area contributed by atoms with Crippen LogP contribution in [0.4, 0.5) is 0 Å². The van der Waals surface area contributed by atoms with E-state index in [2.05, 4.69) is 5.32 Å². The zero-order valence-electron chi connectivity index (χ0n) is 5.67. The standard InChI is InChI=1S/C6H10NO2P/c8-10-6(9-10)5-1-3-7-4-2-5/h5,7H,1-4H2. The Morgan fingerprint density at radius 3 is 2.60 bits per heavy atom. The molecule has 0 radical (unpaired) electrons. The van der Waals surface area contributed by atoms with Crippen molar-refractivity contribution in [1.29, 1.82) is 0 Å². The SMILES string of the molecule is [O-][P+]1=C(C2CCNCC2)O1. The van der Waals surface area contributed by atoms with E-state index >= 15 is 0 Å². The largest absolute Gasteiger partial charge is 0.600 e. The van der Waals surface area contributed by atoms with Crippen molar-refractivity contribution in [2.45, 2.75) is 12.8 Å². The van der Waals surface area contributed by atoms with Crippen molar-refractivity contribution >= 4 is 13.5 Å². The van der Waals surface area contributed by atoms with Gasteiger partial charge in [-0.05, 0) is 25.9 Å². The molecule has 3 nitrogen and oxygen atoms in total. The van der Waals surface area contributed by atoms with Gasteiger partial charge in [0.15, 0.2) is 0 Å². The van der Waals surface area contributed by atoms with Crippen LogP contribution in [0.2, 0.25) is 0 Å². The Bertz CT molecular complexity index is 175. The van der Waals surface area contributed by atoms with Crippen molar-refractivity contribution in [3.05, 3.63) is 0 Å². The summed E-state index contributed by atoms with van der Waals surface area (Å²) in [5.41, 5.74) is 0.872. The predicted molar refractivity (Wildman–Crippen MR) is 38.6 cm³/mol. The molecule has 0 aromatic rings. The highest BCUT2D eigenvalue weighted by atomic mass is 31.1. The van der Waals surface area contributed by atoms with Gasteiger partial charge in [-0.3, -0.25) is 0 Å². The summed E-state index contributed by atoms with van der Waals surface area (Å²) in [5.74, 6) is 0.491. The van der Waals surface area contributed by atoms with Gasteiger partial charge in [0.05, 0.1) is 5.92 Å². The van der Waals surface area contributed by atoms with Gasteiger partial charge in [0, 0.05) is 0 Å². The number of nitrogens with one attached hydrogen (secondary N) is 1. The zero-order valence-corrected chi connectivity index (χ0v) is 6.56. The Labute approximate surface area is 60.9 Å². The van der Waals surface area contributed by atoms with E-state index in [1.807, 2.05) is 0 Å². The van der Waals surface area contributed by atoms with E-state index in [0.29, 0.717) is 5.92 Å². The molecule has 1 unspecified atom stereocenters. The minimum atomic E-state index is -1.32. The predicted octanol–water partition coefficient (Wildman–Crippen LogP) is -0.182. The number of hydrogen-bond acceptors (Lipinski definition) is 3. The summed E-state index contributed by atoms with van der Waals surface area (Å²) >= 11 is 0. The van der Waals surface area contributed by atoms with Gasteiger partial charge in [0.25, 0.3) is 8.00 Å². The molecular weight excluding hydrogens is 149 g/mol. The maximum atomic E-state index is 10.7. The minimum Gasteiger partial charge on any atom is -0.600 e. The summed E-state index contributed by atoms with van der Waals surface area (Å²) in [5, 5.41) is 3.25.